The first kappa shape index (κ1) is 13.3. The molecule has 0 amide bonds. The molecule has 18 heavy (non-hydrogen) atoms. The monoisotopic (exact) mass is 323 g/mol. The molecule has 0 radical (unpaired) electrons. The molecular weight excluding hydrogens is 310 g/mol. The van der Waals surface area contributed by atoms with Gasteiger partial charge in [0.25, 0.3) is 0 Å². The topological polar surface area (TPSA) is 35.2 Å². The van der Waals surface area contributed by atoms with Crippen LogP contribution in [-0.2, 0) is 5.75 Å². The minimum absolute atomic E-state index is 0.777. The summed E-state index contributed by atoms with van der Waals surface area (Å²) >= 11 is 5.16. The summed E-state index contributed by atoms with van der Waals surface area (Å²) in [6, 6.07) is 14.1. The second-order valence-electron chi connectivity index (χ2n) is 3.82. The predicted molar refractivity (Wildman–Crippen MR) is 81.1 cm³/mol. The average molecular weight is 324 g/mol. The van der Waals surface area contributed by atoms with E-state index in [1.165, 1.54) is 10.5 Å². The van der Waals surface area contributed by atoms with E-state index in [4.69, 9.17) is 10.5 Å². The van der Waals surface area contributed by atoms with Crippen molar-refractivity contribution in [3.05, 3.63) is 52.5 Å². The third kappa shape index (κ3) is 3.43. The van der Waals surface area contributed by atoms with Crippen LogP contribution in [0.5, 0.6) is 5.75 Å². The van der Waals surface area contributed by atoms with Crippen molar-refractivity contribution < 1.29 is 4.74 Å². The lowest BCUT2D eigenvalue weighted by Crippen LogP contribution is -1.89. The second kappa shape index (κ2) is 6.16. The number of benzene rings is 2. The van der Waals surface area contributed by atoms with Crippen LogP contribution in [0.15, 0.2) is 51.8 Å². The molecule has 0 aliphatic carbocycles. The zero-order valence-corrected chi connectivity index (χ0v) is 12.4. The van der Waals surface area contributed by atoms with Crippen LogP contribution >= 0.6 is 27.7 Å². The number of rotatable bonds is 4. The molecule has 2 aromatic carbocycles. The van der Waals surface area contributed by atoms with E-state index in [-0.39, 0.29) is 0 Å². The molecular formula is C14H14BrNOS. The van der Waals surface area contributed by atoms with Gasteiger partial charge in [0.15, 0.2) is 0 Å². The van der Waals surface area contributed by atoms with E-state index in [1.54, 1.807) is 18.9 Å². The lowest BCUT2D eigenvalue weighted by Gasteiger charge is -2.06. The minimum atomic E-state index is 0.777. The summed E-state index contributed by atoms with van der Waals surface area (Å²) < 4.78 is 6.14. The highest BCUT2D eigenvalue weighted by molar-refractivity contribution is 9.10. The van der Waals surface area contributed by atoms with Gasteiger partial charge in [-0.3, -0.25) is 0 Å². The van der Waals surface area contributed by atoms with E-state index >= 15 is 0 Å². The minimum Gasteiger partial charge on any atom is -0.497 e. The fraction of sp³-hybridized carbons (Fsp3) is 0.143. The van der Waals surface area contributed by atoms with Crippen molar-refractivity contribution in [3.63, 3.8) is 0 Å². The van der Waals surface area contributed by atoms with Gasteiger partial charge in [0, 0.05) is 20.8 Å². The lowest BCUT2D eigenvalue weighted by molar-refractivity contribution is 0.413. The molecule has 0 saturated carbocycles. The average Bonchev–Trinajstić information content (AvgIpc) is 2.40. The standard InChI is InChI=1S/C14H14BrNOS/c1-17-11-3-2-4-12(8-11)18-9-10-5-6-13(15)14(16)7-10/h2-8H,9,16H2,1H3. The van der Waals surface area contributed by atoms with Crippen molar-refractivity contribution in [3.8, 4) is 5.75 Å². The van der Waals surface area contributed by atoms with Gasteiger partial charge in [0.05, 0.1) is 7.11 Å². The second-order valence-corrected chi connectivity index (χ2v) is 5.73. The van der Waals surface area contributed by atoms with Crippen molar-refractivity contribution in [2.75, 3.05) is 12.8 Å². The summed E-state index contributed by atoms with van der Waals surface area (Å²) in [7, 11) is 1.68. The molecule has 0 unspecified atom stereocenters. The summed E-state index contributed by atoms with van der Waals surface area (Å²) in [6.45, 7) is 0. The van der Waals surface area contributed by atoms with Crippen LogP contribution in [0.4, 0.5) is 5.69 Å². The molecule has 2 N–H and O–H groups in total. The molecule has 0 aliphatic rings. The number of nitrogen functional groups attached to an aromatic ring is 1. The molecule has 0 aromatic heterocycles. The molecule has 0 fully saturated rings. The smallest absolute Gasteiger partial charge is 0.119 e. The van der Waals surface area contributed by atoms with Gasteiger partial charge in [-0.05, 0) is 51.8 Å². The Balaban J connectivity index is 2.04. The summed E-state index contributed by atoms with van der Waals surface area (Å²) in [5.74, 6) is 1.78. The zero-order valence-electron chi connectivity index (χ0n) is 10.0. The number of anilines is 1. The molecule has 94 valence electrons. The Hall–Kier alpha value is -1.13. The lowest BCUT2D eigenvalue weighted by atomic mass is 10.2. The fourth-order valence-electron chi connectivity index (χ4n) is 1.54. The van der Waals surface area contributed by atoms with Crippen LogP contribution < -0.4 is 10.5 Å². The third-order valence-electron chi connectivity index (χ3n) is 2.51. The van der Waals surface area contributed by atoms with Crippen molar-refractivity contribution in [2.45, 2.75) is 10.6 Å². The third-order valence-corrected chi connectivity index (χ3v) is 4.29. The van der Waals surface area contributed by atoms with E-state index in [0.717, 1.165) is 21.7 Å². The van der Waals surface area contributed by atoms with Gasteiger partial charge in [-0.2, -0.15) is 0 Å². The SMILES string of the molecule is COc1cccc(SCc2ccc(Br)c(N)c2)c1. The molecule has 2 rings (SSSR count). The molecule has 0 bridgehead atoms. The number of ether oxygens (including phenoxy) is 1. The van der Waals surface area contributed by atoms with Crippen LogP contribution in [0.3, 0.4) is 0 Å². The van der Waals surface area contributed by atoms with Crippen molar-refractivity contribution in [1.82, 2.24) is 0 Å². The largest absolute Gasteiger partial charge is 0.497 e. The molecule has 2 aromatic rings. The highest BCUT2D eigenvalue weighted by atomic mass is 79.9. The fourth-order valence-corrected chi connectivity index (χ4v) is 2.67. The maximum atomic E-state index is 5.86. The number of halogens is 1. The molecule has 0 spiro atoms. The first-order valence-corrected chi connectivity index (χ1v) is 7.27. The molecule has 0 atom stereocenters. The number of thioether (sulfide) groups is 1. The van der Waals surface area contributed by atoms with Crippen LogP contribution in [0.2, 0.25) is 0 Å². The molecule has 2 nitrogen and oxygen atoms in total. The van der Waals surface area contributed by atoms with E-state index in [2.05, 4.69) is 28.1 Å². The van der Waals surface area contributed by atoms with E-state index in [0.29, 0.717) is 0 Å². The van der Waals surface area contributed by atoms with Crippen molar-refractivity contribution in [1.29, 1.82) is 0 Å². The number of hydrogen-bond acceptors (Lipinski definition) is 3. The maximum Gasteiger partial charge on any atom is 0.119 e. The van der Waals surface area contributed by atoms with Crippen LogP contribution in [-0.4, -0.2) is 7.11 Å². The quantitative estimate of drug-likeness (QED) is 0.671. The van der Waals surface area contributed by atoms with Gasteiger partial charge >= 0.3 is 0 Å². The molecule has 0 saturated heterocycles. The predicted octanol–water partition coefficient (Wildman–Crippen LogP) is 4.33. The number of hydrogen-bond donors (Lipinski definition) is 1. The Labute approximate surface area is 120 Å². The maximum absolute atomic E-state index is 5.86. The highest BCUT2D eigenvalue weighted by Gasteiger charge is 2.01. The Morgan fingerprint density at radius 3 is 2.78 bits per heavy atom. The number of nitrogens with two attached hydrogens (primary N) is 1. The number of methoxy groups -OCH3 is 1. The molecule has 4 heteroatoms. The van der Waals surface area contributed by atoms with Gasteiger partial charge < -0.3 is 10.5 Å². The van der Waals surface area contributed by atoms with Crippen LogP contribution in [0.25, 0.3) is 0 Å². The van der Waals surface area contributed by atoms with E-state index in [9.17, 15) is 0 Å². The Morgan fingerprint density at radius 2 is 2.06 bits per heavy atom. The highest BCUT2D eigenvalue weighted by Crippen LogP contribution is 2.28. The van der Waals surface area contributed by atoms with Crippen molar-refractivity contribution >= 4 is 33.4 Å². The molecule has 0 heterocycles. The zero-order chi connectivity index (χ0) is 13.0. The van der Waals surface area contributed by atoms with Gasteiger partial charge in [-0.15, -0.1) is 11.8 Å². The Kier molecular flexibility index (Phi) is 4.55. The summed E-state index contributed by atoms with van der Waals surface area (Å²) in [5.41, 5.74) is 7.85. The van der Waals surface area contributed by atoms with Gasteiger partial charge in [-0.1, -0.05) is 12.1 Å². The Morgan fingerprint density at radius 1 is 1.22 bits per heavy atom. The van der Waals surface area contributed by atoms with E-state index < -0.39 is 0 Å². The van der Waals surface area contributed by atoms with Crippen LogP contribution in [0.1, 0.15) is 5.56 Å². The Bertz CT molecular complexity index is 545. The first-order chi connectivity index (χ1) is 8.69. The van der Waals surface area contributed by atoms with Crippen LogP contribution in [0, 0.1) is 0 Å². The van der Waals surface area contributed by atoms with Gasteiger partial charge in [0.1, 0.15) is 5.75 Å². The summed E-state index contributed by atoms with van der Waals surface area (Å²) in [6.07, 6.45) is 0. The summed E-state index contributed by atoms with van der Waals surface area (Å²) in [5, 5.41) is 0. The first-order valence-electron chi connectivity index (χ1n) is 5.50. The normalized spacial score (nSPS) is 10.3. The summed E-state index contributed by atoms with van der Waals surface area (Å²) in [4.78, 5) is 1.19. The molecule has 0 aliphatic heterocycles. The van der Waals surface area contributed by atoms with Gasteiger partial charge in [-0.25, -0.2) is 0 Å². The van der Waals surface area contributed by atoms with Gasteiger partial charge in [0.2, 0.25) is 0 Å². The van der Waals surface area contributed by atoms with E-state index in [1.807, 2.05) is 30.3 Å². The van der Waals surface area contributed by atoms with Crippen molar-refractivity contribution in [2.24, 2.45) is 0 Å².